The van der Waals surface area contributed by atoms with Crippen LogP contribution in [0.25, 0.3) is 11.3 Å². The fraction of sp³-hybridized carbons (Fsp3) is 0.318. The Hall–Kier alpha value is -2.90. The summed E-state index contributed by atoms with van der Waals surface area (Å²) in [5.41, 5.74) is 2.06. The fourth-order valence-corrected chi connectivity index (χ4v) is 3.09. The Morgan fingerprint density at radius 2 is 1.97 bits per heavy atom. The second kappa shape index (κ2) is 9.28. The molecule has 0 saturated carbocycles. The Bertz CT molecular complexity index is 1030. The summed E-state index contributed by atoms with van der Waals surface area (Å²) in [6.07, 6.45) is 1.69. The smallest absolute Gasteiger partial charge is 0.337 e. The predicted octanol–water partition coefficient (Wildman–Crippen LogP) is 4.12. The molecule has 1 aromatic carbocycles. The molecule has 0 amide bonds. The van der Waals surface area contributed by atoms with E-state index in [4.69, 9.17) is 25.8 Å². The Morgan fingerprint density at radius 1 is 1.17 bits per heavy atom. The molecule has 3 aromatic rings. The lowest BCUT2D eigenvalue weighted by Crippen LogP contribution is -2.35. The van der Waals surface area contributed by atoms with Gasteiger partial charge in [0.05, 0.1) is 49.5 Å². The Kier molecular flexibility index (Phi) is 6.74. The van der Waals surface area contributed by atoms with Crippen molar-refractivity contribution in [3.8, 4) is 17.0 Å². The zero-order valence-electron chi connectivity index (χ0n) is 17.4. The number of benzene rings is 1. The molecule has 0 bridgehead atoms. The van der Waals surface area contributed by atoms with Crippen LogP contribution in [0.2, 0.25) is 5.02 Å². The van der Waals surface area contributed by atoms with Crippen LogP contribution in [0, 0.1) is 0 Å². The molecule has 2 aromatic heterocycles. The summed E-state index contributed by atoms with van der Waals surface area (Å²) in [4.78, 5) is 16.2. The minimum atomic E-state index is -1.08. The van der Waals surface area contributed by atoms with Crippen molar-refractivity contribution in [1.29, 1.82) is 0 Å². The van der Waals surface area contributed by atoms with Gasteiger partial charge in [0.2, 0.25) is 0 Å². The molecule has 0 aliphatic carbocycles. The number of methoxy groups -OCH3 is 2. The first-order valence-electron chi connectivity index (χ1n) is 9.37. The minimum Gasteiger partial charge on any atom is -0.497 e. The predicted molar refractivity (Wildman–Crippen MR) is 113 cm³/mol. The zero-order valence-corrected chi connectivity index (χ0v) is 18.1. The number of carbonyl (C=O) groups excluding carboxylic acids is 1. The van der Waals surface area contributed by atoms with Gasteiger partial charge in [-0.15, -0.1) is 0 Å². The molecular weight excluding hydrogens is 406 g/mol. The van der Waals surface area contributed by atoms with Crippen LogP contribution in [0.4, 0.5) is 0 Å². The molecule has 0 N–H and O–H groups in total. The summed E-state index contributed by atoms with van der Waals surface area (Å²) >= 11 is 6.30. The number of ether oxygens (including phenoxy) is 3. The number of pyridine rings is 1. The molecule has 7 nitrogen and oxygen atoms in total. The van der Waals surface area contributed by atoms with Gasteiger partial charge >= 0.3 is 5.97 Å². The van der Waals surface area contributed by atoms with Gasteiger partial charge in [0.25, 0.3) is 0 Å². The van der Waals surface area contributed by atoms with Gasteiger partial charge < -0.3 is 14.2 Å². The zero-order chi connectivity index (χ0) is 21.7. The lowest BCUT2D eigenvalue weighted by molar-refractivity contribution is -0.166. The van der Waals surface area contributed by atoms with Crippen LogP contribution in [0.1, 0.15) is 25.2 Å². The molecule has 0 radical (unpaired) electrons. The third kappa shape index (κ3) is 4.98. The maximum Gasteiger partial charge on any atom is 0.337 e. The van der Waals surface area contributed by atoms with Crippen molar-refractivity contribution >= 4 is 17.6 Å². The highest BCUT2D eigenvalue weighted by molar-refractivity contribution is 6.31. The van der Waals surface area contributed by atoms with Crippen molar-refractivity contribution in [2.45, 2.75) is 32.6 Å². The Labute approximate surface area is 180 Å². The van der Waals surface area contributed by atoms with Gasteiger partial charge in [-0.25, -0.2) is 4.79 Å². The van der Waals surface area contributed by atoms with E-state index >= 15 is 0 Å². The van der Waals surface area contributed by atoms with E-state index in [1.165, 1.54) is 7.11 Å². The number of nitrogens with zero attached hydrogens (tertiary/aromatic N) is 3. The number of halogens is 1. The number of hydrogen-bond acceptors (Lipinski definition) is 6. The summed E-state index contributed by atoms with van der Waals surface area (Å²) in [7, 11) is 2.96. The number of aromatic nitrogens is 3. The summed E-state index contributed by atoms with van der Waals surface area (Å²) in [6.45, 7) is 3.84. The molecule has 0 saturated heterocycles. The molecule has 0 unspecified atom stereocenters. The number of esters is 1. The number of hydrogen-bond donors (Lipinski definition) is 0. The lowest BCUT2D eigenvalue weighted by Gasteiger charge is -2.21. The van der Waals surface area contributed by atoms with Gasteiger partial charge in [-0.1, -0.05) is 23.7 Å². The average molecular weight is 430 g/mol. The van der Waals surface area contributed by atoms with E-state index in [1.807, 2.05) is 35.0 Å². The molecule has 0 fully saturated rings. The highest BCUT2D eigenvalue weighted by Gasteiger charge is 2.30. The molecule has 0 aliphatic heterocycles. The first-order chi connectivity index (χ1) is 14.3. The molecule has 2 heterocycles. The molecule has 0 spiro atoms. The van der Waals surface area contributed by atoms with Crippen molar-refractivity contribution < 1.29 is 19.0 Å². The second-order valence-corrected chi connectivity index (χ2v) is 7.54. The molecule has 8 heteroatoms. The van der Waals surface area contributed by atoms with Crippen LogP contribution in [0.3, 0.4) is 0 Å². The average Bonchev–Trinajstić information content (AvgIpc) is 3.16. The number of rotatable bonds is 8. The maximum atomic E-state index is 11.9. The molecule has 0 aliphatic rings. The highest BCUT2D eigenvalue weighted by atomic mass is 35.5. The summed E-state index contributed by atoms with van der Waals surface area (Å²) in [5, 5.41) is 5.23. The second-order valence-electron chi connectivity index (χ2n) is 7.13. The van der Waals surface area contributed by atoms with E-state index in [0.717, 1.165) is 17.0 Å². The van der Waals surface area contributed by atoms with E-state index < -0.39 is 11.6 Å². The monoisotopic (exact) mass is 429 g/mol. The SMILES string of the molecule is COC(=O)C(C)(C)OCc1cc(-c2cccc(OC)c2)n(Cc2ncccc2Cl)n1. The van der Waals surface area contributed by atoms with Gasteiger partial charge in [0.15, 0.2) is 5.60 Å². The van der Waals surface area contributed by atoms with Crippen molar-refractivity contribution in [2.24, 2.45) is 0 Å². The van der Waals surface area contributed by atoms with E-state index in [-0.39, 0.29) is 6.61 Å². The van der Waals surface area contributed by atoms with Gasteiger partial charge in [0, 0.05) is 11.8 Å². The lowest BCUT2D eigenvalue weighted by atomic mass is 10.1. The van der Waals surface area contributed by atoms with Gasteiger partial charge in [-0.3, -0.25) is 9.67 Å². The van der Waals surface area contributed by atoms with E-state index in [0.29, 0.717) is 23.0 Å². The fourth-order valence-electron chi connectivity index (χ4n) is 2.91. The van der Waals surface area contributed by atoms with Crippen LogP contribution >= 0.6 is 11.6 Å². The third-order valence-electron chi connectivity index (χ3n) is 4.59. The quantitative estimate of drug-likeness (QED) is 0.501. The van der Waals surface area contributed by atoms with Gasteiger partial charge in [0.1, 0.15) is 5.75 Å². The summed E-state index contributed by atoms with van der Waals surface area (Å²) < 4.78 is 17.7. The van der Waals surface area contributed by atoms with Crippen LogP contribution in [-0.4, -0.2) is 40.6 Å². The first kappa shape index (κ1) is 21.8. The summed E-state index contributed by atoms with van der Waals surface area (Å²) in [6, 6.07) is 13.2. The van der Waals surface area contributed by atoms with Gasteiger partial charge in [-0.2, -0.15) is 5.10 Å². The first-order valence-corrected chi connectivity index (χ1v) is 9.75. The van der Waals surface area contributed by atoms with Crippen LogP contribution < -0.4 is 4.74 Å². The van der Waals surface area contributed by atoms with E-state index in [1.54, 1.807) is 39.3 Å². The van der Waals surface area contributed by atoms with Gasteiger partial charge in [-0.05, 0) is 44.2 Å². The van der Waals surface area contributed by atoms with E-state index in [2.05, 4.69) is 10.1 Å². The van der Waals surface area contributed by atoms with Crippen molar-refractivity contribution in [3.05, 3.63) is 65.1 Å². The van der Waals surface area contributed by atoms with E-state index in [9.17, 15) is 4.79 Å². The van der Waals surface area contributed by atoms with Crippen LogP contribution in [0.15, 0.2) is 48.7 Å². The third-order valence-corrected chi connectivity index (χ3v) is 4.93. The van der Waals surface area contributed by atoms with Crippen molar-refractivity contribution in [3.63, 3.8) is 0 Å². The maximum absolute atomic E-state index is 11.9. The highest BCUT2D eigenvalue weighted by Crippen LogP contribution is 2.27. The van der Waals surface area contributed by atoms with Crippen molar-refractivity contribution in [2.75, 3.05) is 14.2 Å². The molecular formula is C22H24ClN3O4. The molecule has 3 rings (SSSR count). The topological polar surface area (TPSA) is 75.5 Å². The molecule has 0 atom stereocenters. The Morgan fingerprint density at radius 3 is 2.67 bits per heavy atom. The Balaban J connectivity index is 1.94. The normalized spacial score (nSPS) is 11.4. The summed E-state index contributed by atoms with van der Waals surface area (Å²) in [5.74, 6) is 0.288. The largest absolute Gasteiger partial charge is 0.497 e. The standard InChI is InChI=1S/C22H24ClN3O4/c1-22(2,21(27)29-4)30-14-16-12-20(15-7-5-8-17(11-15)28-3)26(25-16)13-19-18(23)9-6-10-24-19/h5-12H,13-14H2,1-4H3. The van der Waals surface area contributed by atoms with Crippen molar-refractivity contribution in [1.82, 2.24) is 14.8 Å². The molecule has 30 heavy (non-hydrogen) atoms. The van der Waals surface area contributed by atoms with Crippen LogP contribution in [0.5, 0.6) is 5.75 Å². The minimum absolute atomic E-state index is 0.141. The number of carbonyl (C=O) groups is 1. The van der Waals surface area contributed by atoms with Crippen LogP contribution in [-0.2, 0) is 27.4 Å². The molecule has 158 valence electrons.